The normalized spacial score (nSPS) is 15.3. The van der Waals surface area contributed by atoms with E-state index >= 15 is 0 Å². The largest absolute Gasteiger partial charge is 0.356 e. The number of pyridine rings is 1. The van der Waals surface area contributed by atoms with Gasteiger partial charge in [-0.2, -0.15) is 0 Å². The summed E-state index contributed by atoms with van der Waals surface area (Å²) in [5.74, 6) is 2.40. The zero-order chi connectivity index (χ0) is 16.8. The minimum atomic E-state index is 0.0665. The van der Waals surface area contributed by atoms with Crippen LogP contribution in [0.15, 0.2) is 36.8 Å². The van der Waals surface area contributed by atoms with E-state index in [0.29, 0.717) is 12.3 Å². The van der Waals surface area contributed by atoms with Crippen molar-refractivity contribution in [2.45, 2.75) is 26.2 Å². The van der Waals surface area contributed by atoms with E-state index < -0.39 is 0 Å². The lowest BCUT2D eigenvalue weighted by atomic mass is 9.96. The monoisotopic (exact) mass is 325 g/mol. The van der Waals surface area contributed by atoms with E-state index in [-0.39, 0.29) is 5.91 Å². The van der Waals surface area contributed by atoms with Gasteiger partial charge >= 0.3 is 0 Å². The first-order valence-electron chi connectivity index (χ1n) is 8.41. The molecule has 1 aliphatic heterocycles. The maximum atomic E-state index is 12.0. The van der Waals surface area contributed by atoms with Gasteiger partial charge in [0.15, 0.2) is 0 Å². The summed E-state index contributed by atoms with van der Waals surface area (Å²) in [7, 11) is 0. The van der Waals surface area contributed by atoms with Crippen molar-refractivity contribution in [2.24, 2.45) is 5.92 Å². The molecule has 0 radical (unpaired) electrons. The number of rotatable bonds is 5. The van der Waals surface area contributed by atoms with E-state index in [1.807, 2.05) is 31.3 Å². The fourth-order valence-electron chi connectivity index (χ4n) is 2.99. The van der Waals surface area contributed by atoms with Crippen molar-refractivity contribution in [1.29, 1.82) is 0 Å². The van der Waals surface area contributed by atoms with Crippen LogP contribution < -0.4 is 10.2 Å². The Labute approximate surface area is 142 Å². The predicted molar refractivity (Wildman–Crippen MR) is 92.7 cm³/mol. The number of amides is 1. The fourth-order valence-corrected chi connectivity index (χ4v) is 2.99. The average molecular weight is 325 g/mol. The van der Waals surface area contributed by atoms with Crippen LogP contribution in [0.1, 0.15) is 24.2 Å². The SMILES string of the molecule is Cc1nccc(N2CCC(CNC(=O)Cc3cccnc3)CC2)n1. The fraction of sp³-hybridized carbons (Fsp3) is 0.444. The number of anilines is 1. The molecule has 126 valence electrons. The summed E-state index contributed by atoms with van der Waals surface area (Å²) in [6.07, 6.45) is 7.79. The highest BCUT2D eigenvalue weighted by atomic mass is 16.1. The Balaban J connectivity index is 1.42. The first kappa shape index (κ1) is 16.4. The summed E-state index contributed by atoms with van der Waals surface area (Å²) in [5, 5.41) is 3.05. The van der Waals surface area contributed by atoms with Gasteiger partial charge in [-0.05, 0) is 43.4 Å². The molecule has 0 aliphatic carbocycles. The van der Waals surface area contributed by atoms with E-state index in [1.165, 1.54) is 0 Å². The molecule has 1 saturated heterocycles. The maximum Gasteiger partial charge on any atom is 0.224 e. The molecule has 1 N–H and O–H groups in total. The second-order valence-electron chi connectivity index (χ2n) is 6.23. The van der Waals surface area contributed by atoms with E-state index in [0.717, 1.165) is 49.7 Å². The molecular weight excluding hydrogens is 302 g/mol. The summed E-state index contributed by atoms with van der Waals surface area (Å²) >= 11 is 0. The minimum Gasteiger partial charge on any atom is -0.356 e. The van der Waals surface area contributed by atoms with Crippen LogP contribution in [0.3, 0.4) is 0 Å². The highest BCUT2D eigenvalue weighted by molar-refractivity contribution is 5.78. The lowest BCUT2D eigenvalue weighted by molar-refractivity contribution is -0.120. The van der Waals surface area contributed by atoms with Crippen molar-refractivity contribution in [2.75, 3.05) is 24.5 Å². The summed E-state index contributed by atoms with van der Waals surface area (Å²) in [6, 6.07) is 5.74. The van der Waals surface area contributed by atoms with Gasteiger partial charge in [0, 0.05) is 38.2 Å². The molecule has 0 spiro atoms. The zero-order valence-electron chi connectivity index (χ0n) is 14.0. The van der Waals surface area contributed by atoms with E-state index in [9.17, 15) is 4.79 Å². The Kier molecular flexibility index (Phi) is 5.36. The molecular formula is C18H23N5O. The van der Waals surface area contributed by atoms with Gasteiger partial charge in [0.05, 0.1) is 6.42 Å². The Morgan fingerprint density at radius 3 is 2.83 bits per heavy atom. The van der Waals surface area contributed by atoms with Crippen LogP contribution in [-0.4, -0.2) is 40.5 Å². The maximum absolute atomic E-state index is 12.0. The van der Waals surface area contributed by atoms with Crippen molar-refractivity contribution >= 4 is 11.7 Å². The Bertz CT molecular complexity index is 668. The molecule has 24 heavy (non-hydrogen) atoms. The lowest BCUT2D eigenvalue weighted by Gasteiger charge is -2.32. The second kappa shape index (κ2) is 7.86. The van der Waals surface area contributed by atoms with Crippen molar-refractivity contribution < 1.29 is 4.79 Å². The first-order valence-corrected chi connectivity index (χ1v) is 8.41. The Hall–Kier alpha value is -2.50. The van der Waals surface area contributed by atoms with Gasteiger partial charge in [-0.25, -0.2) is 9.97 Å². The molecule has 1 fully saturated rings. The smallest absolute Gasteiger partial charge is 0.224 e. The molecule has 1 amide bonds. The topological polar surface area (TPSA) is 71.0 Å². The molecule has 1 aliphatic rings. The number of piperidine rings is 1. The van der Waals surface area contributed by atoms with Crippen molar-refractivity contribution in [3.63, 3.8) is 0 Å². The van der Waals surface area contributed by atoms with E-state index in [4.69, 9.17) is 0 Å². The van der Waals surface area contributed by atoms with Gasteiger partial charge in [0.2, 0.25) is 5.91 Å². The predicted octanol–water partition coefficient (Wildman–Crippen LogP) is 1.76. The summed E-state index contributed by atoms with van der Waals surface area (Å²) in [6.45, 7) is 4.60. The molecule has 3 rings (SSSR count). The van der Waals surface area contributed by atoms with E-state index in [1.54, 1.807) is 12.4 Å². The third-order valence-corrected chi connectivity index (χ3v) is 4.38. The molecule has 0 bridgehead atoms. The number of carbonyl (C=O) groups is 1. The zero-order valence-corrected chi connectivity index (χ0v) is 14.0. The van der Waals surface area contributed by atoms with Gasteiger partial charge in [-0.1, -0.05) is 6.07 Å². The number of hydrogen-bond acceptors (Lipinski definition) is 5. The van der Waals surface area contributed by atoms with Crippen LogP contribution in [0, 0.1) is 12.8 Å². The van der Waals surface area contributed by atoms with Gasteiger partial charge in [0.25, 0.3) is 0 Å². The molecule has 3 heterocycles. The highest BCUT2D eigenvalue weighted by Gasteiger charge is 2.20. The number of carbonyl (C=O) groups excluding carboxylic acids is 1. The van der Waals surface area contributed by atoms with Gasteiger partial charge < -0.3 is 10.2 Å². The number of aromatic nitrogens is 3. The van der Waals surface area contributed by atoms with Gasteiger partial charge in [-0.3, -0.25) is 9.78 Å². The minimum absolute atomic E-state index is 0.0665. The van der Waals surface area contributed by atoms with Crippen molar-refractivity contribution in [3.05, 3.63) is 48.2 Å². The summed E-state index contributed by atoms with van der Waals surface area (Å²) < 4.78 is 0. The molecule has 0 atom stereocenters. The van der Waals surface area contributed by atoms with Crippen LogP contribution in [0.4, 0.5) is 5.82 Å². The van der Waals surface area contributed by atoms with Crippen LogP contribution in [0.5, 0.6) is 0 Å². The summed E-state index contributed by atoms with van der Waals surface area (Å²) in [4.78, 5) is 27.0. The molecule has 2 aromatic rings. The van der Waals surface area contributed by atoms with Crippen molar-refractivity contribution in [3.8, 4) is 0 Å². The van der Waals surface area contributed by atoms with Crippen molar-refractivity contribution in [1.82, 2.24) is 20.3 Å². The van der Waals surface area contributed by atoms with Crippen LogP contribution >= 0.6 is 0 Å². The third-order valence-electron chi connectivity index (χ3n) is 4.38. The average Bonchev–Trinajstić information content (AvgIpc) is 2.61. The van der Waals surface area contributed by atoms with Crippen LogP contribution in [-0.2, 0) is 11.2 Å². The van der Waals surface area contributed by atoms with Crippen LogP contribution in [0.25, 0.3) is 0 Å². The number of nitrogens with one attached hydrogen (secondary N) is 1. The van der Waals surface area contributed by atoms with Crippen LogP contribution in [0.2, 0.25) is 0 Å². The Morgan fingerprint density at radius 1 is 1.29 bits per heavy atom. The molecule has 0 unspecified atom stereocenters. The first-order chi connectivity index (χ1) is 11.7. The molecule has 0 aromatic carbocycles. The molecule has 6 heteroatoms. The molecule has 0 saturated carbocycles. The number of nitrogens with zero attached hydrogens (tertiary/aromatic N) is 4. The highest BCUT2D eigenvalue weighted by Crippen LogP contribution is 2.21. The molecule has 2 aromatic heterocycles. The summed E-state index contributed by atoms with van der Waals surface area (Å²) in [5.41, 5.74) is 0.948. The van der Waals surface area contributed by atoms with E-state index in [2.05, 4.69) is 25.2 Å². The molecule has 6 nitrogen and oxygen atoms in total. The lowest BCUT2D eigenvalue weighted by Crippen LogP contribution is -2.39. The van der Waals surface area contributed by atoms with Gasteiger partial charge in [0.1, 0.15) is 11.6 Å². The second-order valence-corrected chi connectivity index (χ2v) is 6.23. The number of aryl methyl sites for hydroxylation is 1. The third kappa shape index (κ3) is 4.50. The quantitative estimate of drug-likeness (QED) is 0.907. The van der Waals surface area contributed by atoms with Gasteiger partial charge in [-0.15, -0.1) is 0 Å². The standard InChI is InChI=1S/C18H23N5O/c1-14-20-8-4-17(22-14)23-9-5-15(6-10-23)13-21-18(24)11-16-3-2-7-19-12-16/h2-4,7-8,12,15H,5-6,9-11,13H2,1H3,(H,21,24). The number of hydrogen-bond donors (Lipinski definition) is 1. The Morgan fingerprint density at radius 2 is 2.12 bits per heavy atom.